The van der Waals surface area contributed by atoms with Crippen molar-refractivity contribution in [2.45, 2.75) is 24.4 Å². The lowest BCUT2D eigenvalue weighted by molar-refractivity contribution is 0.143. The van der Waals surface area contributed by atoms with E-state index in [-0.39, 0.29) is 11.7 Å². The molecule has 0 aromatic heterocycles. The van der Waals surface area contributed by atoms with Crippen molar-refractivity contribution in [3.05, 3.63) is 29.6 Å². The summed E-state index contributed by atoms with van der Waals surface area (Å²) in [4.78, 5) is 13.3. The number of carbonyl (C=O) groups is 1. The van der Waals surface area contributed by atoms with Crippen molar-refractivity contribution >= 4 is 29.1 Å². The molecule has 2 aliphatic rings. The van der Waals surface area contributed by atoms with Crippen LogP contribution >= 0.6 is 12.2 Å². The van der Waals surface area contributed by atoms with Crippen molar-refractivity contribution in [2.24, 2.45) is 5.73 Å². The molecule has 120 valence electrons. The number of thiocarbonyl (C=S) groups is 1. The van der Waals surface area contributed by atoms with Gasteiger partial charge in [0.15, 0.2) is 5.11 Å². The second-order valence-corrected chi connectivity index (χ2v) is 6.16. The van der Waals surface area contributed by atoms with E-state index in [0.717, 1.165) is 0 Å². The Morgan fingerprint density at radius 1 is 1.61 bits per heavy atom. The van der Waals surface area contributed by atoms with Gasteiger partial charge in [0.25, 0.3) is 0 Å². The molecule has 0 spiro atoms. The summed E-state index contributed by atoms with van der Waals surface area (Å²) in [6.07, 6.45) is 0.366. The minimum Gasteiger partial charge on any atom is -0.442 e. The fourth-order valence-corrected chi connectivity index (χ4v) is 2.76. The van der Waals surface area contributed by atoms with Gasteiger partial charge in [-0.3, -0.25) is 4.90 Å². The first-order valence-electron chi connectivity index (χ1n) is 7.18. The maximum Gasteiger partial charge on any atom is 0.414 e. The van der Waals surface area contributed by atoms with Crippen molar-refractivity contribution in [3.8, 4) is 6.07 Å². The molecule has 3 rings (SSSR count). The average molecular weight is 334 g/mol. The van der Waals surface area contributed by atoms with Crippen LogP contribution in [0.25, 0.3) is 0 Å². The Morgan fingerprint density at radius 2 is 2.35 bits per heavy atom. The maximum atomic E-state index is 14.3. The van der Waals surface area contributed by atoms with Crippen LogP contribution in [0.3, 0.4) is 0 Å². The van der Waals surface area contributed by atoms with E-state index in [1.54, 1.807) is 12.1 Å². The molecule has 1 aromatic rings. The van der Waals surface area contributed by atoms with Gasteiger partial charge in [-0.1, -0.05) is 6.07 Å². The Labute approximate surface area is 138 Å². The van der Waals surface area contributed by atoms with Crippen LogP contribution in [0.15, 0.2) is 18.2 Å². The normalized spacial score (nSPS) is 21.5. The number of nitrogens with two attached hydrogens (primary N) is 1. The van der Waals surface area contributed by atoms with Crippen LogP contribution in [-0.4, -0.2) is 30.4 Å². The van der Waals surface area contributed by atoms with E-state index in [1.165, 1.54) is 11.0 Å². The number of cyclic esters (lactones) is 1. The zero-order valence-corrected chi connectivity index (χ0v) is 13.0. The van der Waals surface area contributed by atoms with E-state index in [9.17, 15) is 9.18 Å². The standard InChI is InChI=1S/C15H15FN4O2S/c16-12-5-9(1-2-11(12)15(8-17)3-4-15)20-7-10(22-14(20)21)6-19-13(18)23/h1-2,5,10H,3-4,6-7H2,(H3,18,19,23)/t10-/m0/s1. The zero-order chi connectivity index (χ0) is 16.6. The third-order valence-electron chi connectivity index (χ3n) is 4.12. The van der Waals surface area contributed by atoms with Gasteiger partial charge in [-0.25, -0.2) is 9.18 Å². The molecule has 23 heavy (non-hydrogen) atoms. The van der Waals surface area contributed by atoms with Crippen LogP contribution in [0.2, 0.25) is 0 Å². The lowest BCUT2D eigenvalue weighted by atomic mass is 9.97. The number of nitrogens with one attached hydrogen (secondary N) is 1. The molecule has 2 fully saturated rings. The van der Waals surface area contributed by atoms with Crippen molar-refractivity contribution in [3.63, 3.8) is 0 Å². The number of hydrogen-bond donors (Lipinski definition) is 2. The number of nitriles is 1. The quantitative estimate of drug-likeness (QED) is 0.812. The molecule has 0 bridgehead atoms. The van der Waals surface area contributed by atoms with Gasteiger partial charge >= 0.3 is 6.09 Å². The number of halogens is 1. The van der Waals surface area contributed by atoms with Crippen LogP contribution in [0, 0.1) is 17.1 Å². The van der Waals surface area contributed by atoms with E-state index in [1.807, 2.05) is 0 Å². The molecule has 1 amide bonds. The third-order valence-corrected chi connectivity index (χ3v) is 4.27. The molecule has 1 heterocycles. The molecule has 6 nitrogen and oxygen atoms in total. The number of amides is 1. The summed E-state index contributed by atoms with van der Waals surface area (Å²) >= 11 is 4.70. The SMILES string of the molecule is N#CC1(c2ccc(N3C[C@H](CNC(N)=S)OC3=O)cc2F)CC1. The summed E-state index contributed by atoms with van der Waals surface area (Å²) in [5.74, 6) is -0.473. The molecular weight excluding hydrogens is 319 g/mol. The van der Waals surface area contributed by atoms with Crippen LogP contribution in [0.4, 0.5) is 14.9 Å². The first-order valence-corrected chi connectivity index (χ1v) is 7.59. The Hall–Kier alpha value is -2.40. The number of hydrogen-bond acceptors (Lipinski definition) is 4. The highest BCUT2D eigenvalue weighted by Gasteiger charge is 2.47. The Kier molecular flexibility index (Phi) is 3.82. The van der Waals surface area contributed by atoms with Crippen molar-refractivity contribution in [1.29, 1.82) is 5.26 Å². The lowest BCUT2D eigenvalue weighted by Gasteiger charge is -2.15. The predicted molar refractivity (Wildman–Crippen MR) is 85.3 cm³/mol. The summed E-state index contributed by atoms with van der Waals surface area (Å²) in [6.45, 7) is 0.576. The third kappa shape index (κ3) is 2.92. The summed E-state index contributed by atoms with van der Waals surface area (Å²) < 4.78 is 19.5. The highest BCUT2D eigenvalue weighted by molar-refractivity contribution is 7.80. The number of benzene rings is 1. The monoisotopic (exact) mass is 334 g/mol. The molecule has 1 atom stereocenters. The first kappa shape index (κ1) is 15.5. The van der Waals surface area contributed by atoms with Crippen molar-refractivity contribution in [2.75, 3.05) is 18.0 Å². The predicted octanol–water partition coefficient (Wildman–Crippen LogP) is 1.54. The van der Waals surface area contributed by atoms with Crippen molar-refractivity contribution < 1.29 is 13.9 Å². The summed E-state index contributed by atoms with van der Waals surface area (Å²) in [7, 11) is 0. The van der Waals surface area contributed by atoms with E-state index in [0.29, 0.717) is 30.6 Å². The minimum absolute atomic E-state index is 0.126. The summed E-state index contributed by atoms with van der Waals surface area (Å²) in [6, 6.07) is 6.66. The molecular formula is C15H15FN4O2S. The van der Waals surface area contributed by atoms with Crippen LogP contribution in [-0.2, 0) is 10.2 Å². The maximum absolute atomic E-state index is 14.3. The fraction of sp³-hybridized carbons (Fsp3) is 0.400. The van der Waals surface area contributed by atoms with Gasteiger partial charge in [0, 0.05) is 5.56 Å². The summed E-state index contributed by atoms with van der Waals surface area (Å²) in [5.41, 5.74) is 5.44. The number of ether oxygens (including phenoxy) is 1. The van der Waals surface area contributed by atoms with Crippen LogP contribution in [0.1, 0.15) is 18.4 Å². The van der Waals surface area contributed by atoms with E-state index >= 15 is 0 Å². The number of anilines is 1. The van der Waals surface area contributed by atoms with Gasteiger partial charge in [0.05, 0.1) is 30.3 Å². The van der Waals surface area contributed by atoms with Gasteiger partial charge in [0.1, 0.15) is 11.9 Å². The van der Waals surface area contributed by atoms with E-state index in [4.69, 9.17) is 28.0 Å². The Balaban J connectivity index is 1.75. The molecule has 0 radical (unpaired) electrons. The highest BCUT2D eigenvalue weighted by Crippen LogP contribution is 2.48. The van der Waals surface area contributed by atoms with E-state index in [2.05, 4.69) is 11.4 Å². The molecule has 0 unspecified atom stereocenters. The lowest BCUT2D eigenvalue weighted by Crippen LogP contribution is -2.37. The molecule has 1 aliphatic heterocycles. The topological polar surface area (TPSA) is 91.4 Å². The largest absolute Gasteiger partial charge is 0.442 e. The molecule has 3 N–H and O–H groups in total. The van der Waals surface area contributed by atoms with Gasteiger partial charge in [-0.2, -0.15) is 5.26 Å². The van der Waals surface area contributed by atoms with Gasteiger partial charge < -0.3 is 15.8 Å². The van der Waals surface area contributed by atoms with Gasteiger partial charge in [-0.05, 0) is 37.2 Å². The minimum atomic E-state index is -0.697. The number of carbonyl (C=O) groups excluding carboxylic acids is 1. The second-order valence-electron chi connectivity index (χ2n) is 5.72. The van der Waals surface area contributed by atoms with Crippen LogP contribution in [0.5, 0.6) is 0 Å². The van der Waals surface area contributed by atoms with Crippen LogP contribution < -0.4 is 16.0 Å². The number of nitrogens with zero attached hydrogens (tertiary/aromatic N) is 2. The smallest absolute Gasteiger partial charge is 0.414 e. The van der Waals surface area contributed by atoms with Gasteiger partial charge in [-0.15, -0.1) is 0 Å². The fourth-order valence-electron chi connectivity index (χ4n) is 2.68. The first-order chi connectivity index (χ1) is 10.9. The molecule has 1 aromatic carbocycles. The zero-order valence-electron chi connectivity index (χ0n) is 12.2. The molecule has 1 saturated heterocycles. The second kappa shape index (κ2) is 5.66. The summed E-state index contributed by atoms with van der Waals surface area (Å²) in [5, 5.41) is 12.0. The van der Waals surface area contributed by atoms with E-state index < -0.39 is 23.4 Å². The Bertz CT molecular complexity index is 714. The molecule has 1 aliphatic carbocycles. The average Bonchev–Trinajstić information content (AvgIpc) is 3.22. The highest BCUT2D eigenvalue weighted by atomic mass is 32.1. The Morgan fingerprint density at radius 3 is 2.91 bits per heavy atom. The van der Waals surface area contributed by atoms with Crippen molar-refractivity contribution in [1.82, 2.24) is 5.32 Å². The van der Waals surface area contributed by atoms with Gasteiger partial charge in [0.2, 0.25) is 0 Å². The molecule has 8 heteroatoms. The number of rotatable bonds is 4. The molecule has 1 saturated carbocycles.